The molecule has 0 saturated heterocycles. The van der Waals surface area contributed by atoms with E-state index in [0.29, 0.717) is 29.4 Å². The lowest BCUT2D eigenvalue weighted by atomic mass is 10.0. The van der Waals surface area contributed by atoms with E-state index in [1.54, 1.807) is 31.4 Å². The van der Waals surface area contributed by atoms with Gasteiger partial charge in [-0.3, -0.25) is 9.78 Å². The Balaban J connectivity index is 1.65. The van der Waals surface area contributed by atoms with Crippen LogP contribution in [0.4, 0.5) is 4.39 Å². The zero-order valence-electron chi connectivity index (χ0n) is 18.4. The molecule has 1 heterocycles. The molecule has 0 aliphatic carbocycles. The SMILES string of the molecule is COc1ccc(Oc2c(C)cc(-n3ncc(=O)[nH]c3=O)cc2C)cc1Cc1ccc(F)cc1. The maximum atomic E-state index is 13.2. The third-order valence-corrected chi connectivity index (χ3v) is 5.18. The zero-order valence-corrected chi connectivity index (χ0v) is 18.4. The molecule has 33 heavy (non-hydrogen) atoms. The Morgan fingerprint density at radius 3 is 2.33 bits per heavy atom. The van der Waals surface area contributed by atoms with Crippen molar-refractivity contribution < 1.29 is 13.9 Å². The van der Waals surface area contributed by atoms with Crippen LogP contribution in [0.2, 0.25) is 0 Å². The molecule has 0 radical (unpaired) electrons. The van der Waals surface area contributed by atoms with Crippen LogP contribution in [0.5, 0.6) is 17.2 Å². The molecule has 3 aromatic carbocycles. The van der Waals surface area contributed by atoms with E-state index in [-0.39, 0.29) is 5.82 Å². The fourth-order valence-corrected chi connectivity index (χ4v) is 3.64. The van der Waals surface area contributed by atoms with E-state index < -0.39 is 11.2 Å². The third-order valence-electron chi connectivity index (χ3n) is 5.18. The first-order chi connectivity index (χ1) is 15.8. The van der Waals surface area contributed by atoms with Crippen LogP contribution in [-0.4, -0.2) is 21.9 Å². The first-order valence-corrected chi connectivity index (χ1v) is 10.2. The second kappa shape index (κ2) is 9.12. The number of H-pyrrole nitrogens is 1. The number of hydrogen-bond acceptors (Lipinski definition) is 5. The van der Waals surface area contributed by atoms with Crippen LogP contribution in [0.25, 0.3) is 5.69 Å². The number of nitrogens with one attached hydrogen (secondary N) is 1. The summed E-state index contributed by atoms with van der Waals surface area (Å²) in [7, 11) is 1.60. The van der Waals surface area contributed by atoms with Gasteiger partial charge >= 0.3 is 5.69 Å². The Morgan fingerprint density at radius 2 is 1.70 bits per heavy atom. The van der Waals surface area contributed by atoms with Gasteiger partial charge in [-0.15, -0.1) is 0 Å². The second-order valence-corrected chi connectivity index (χ2v) is 7.64. The topological polar surface area (TPSA) is 86.2 Å². The monoisotopic (exact) mass is 447 g/mol. The predicted molar refractivity (Wildman–Crippen MR) is 122 cm³/mol. The highest BCUT2D eigenvalue weighted by Gasteiger charge is 2.13. The lowest BCUT2D eigenvalue weighted by molar-refractivity contribution is 0.408. The van der Waals surface area contributed by atoms with E-state index >= 15 is 0 Å². The van der Waals surface area contributed by atoms with E-state index in [1.807, 2.05) is 32.0 Å². The van der Waals surface area contributed by atoms with Crippen molar-refractivity contribution >= 4 is 0 Å². The molecular formula is C25H22FN3O4. The number of rotatable bonds is 6. The van der Waals surface area contributed by atoms with Crippen LogP contribution in [0.1, 0.15) is 22.3 Å². The molecule has 0 aliphatic rings. The van der Waals surface area contributed by atoms with Gasteiger partial charge < -0.3 is 9.47 Å². The number of ether oxygens (including phenoxy) is 2. The van der Waals surface area contributed by atoms with Crippen molar-refractivity contribution in [2.45, 2.75) is 20.3 Å². The standard InChI is InChI=1S/C25H22FN3O4/c1-15-10-20(29-25(31)28-23(30)14-27-29)11-16(2)24(15)33-21-8-9-22(32-3)18(13-21)12-17-4-6-19(26)7-5-17/h4-11,13-14H,12H2,1-3H3,(H,28,30,31). The average Bonchev–Trinajstić information content (AvgIpc) is 2.78. The van der Waals surface area contributed by atoms with Crippen LogP contribution in [0.15, 0.2) is 70.4 Å². The van der Waals surface area contributed by atoms with Crippen LogP contribution in [-0.2, 0) is 6.42 Å². The maximum absolute atomic E-state index is 13.2. The third kappa shape index (κ3) is 4.85. The van der Waals surface area contributed by atoms with Crippen LogP contribution < -0.4 is 20.7 Å². The molecule has 0 amide bonds. The number of aromatic amines is 1. The van der Waals surface area contributed by atoms with E-state index in [9.17, 15) is 14.0 Å². The number of nitrogens with zero attached hydrogens (tertiary/aromatic N) is 2. The molecule has 4 rings (SSSR count). The molecule has 0 atom stereocenters. The highest BCUT2D eigenvalue weighted by molar-refractivity contribution is 5.51. The smallest absolute Gasteiger partial charge is 0.349 e. The van der Waals surface area contributed by atoms with Gasteiger partial charge in [-0.05, 0) is 73.0 Å². The van der Waals surface area contributed by atoms with Crippen molar-refractivity contribution in [3.63, 3.8) is 0 Å². The predicted octanol–water partition coefficient (Wildman–Crippen LogP) is 4.07. The quantitative estimate of drug-likeness (QED) is 0.482. The minimum Gasteiger partial charge on any atom is -0.496 e. The highest BCUT2D eigenvalue weighted by Crippen LogP contribution is 2.33. The summed E-state index contributed by atoms with van der Waals surface area (Å²) in [6.07, 6.45) is 1.61. The van der Waals surface area contributed by atoms with Gasteiger partial charge in [0.25, 0.3) is 5.56 Å². The summed E-state index contributed by atoms with van der Waals surface area (Å²) in [5, 5.41) is 3.90. The number of halogens is 1. The Bertz CT molecular complexity index is 1400. The van der Waals surface area contributed by atoms with Gasteiger partial charge in [-0.25, -0.2) is 9.18 Å². The Morgan fingerprint density at radius 1 is 1.00 bits per heavy atom. The van der Waals surface area contributed by atoms with E-state index in [0.717, 1.165) is 33.1 Å². The van der Waals surface area contributed by atoms with Gasteiger partial charge in [-0.1, -0.05) is 12.1 Å². The van der Waals surface area contributed by atoms with Crippen LogP contribution in [0.3, 0.4) is 0 Å². The van der Waals surface area contributed by atoms with Crippen molar-refractivity contribution in [2.24, 2.45) is 0 Å². The molecule has 1 aromatic heterocycles. The van der Waals surface area contributed by atoms with Crippen LogP contribution >= 0.6 is 0 Å². The summed E-state index contributed by atoms with van der Waals surface area (Å²) in [6, 6.07) is 15.4. The molecule has 0 bridgehead atoms. The second-order valence-electron chi connectivity index (χ2n) is 7.64. The minimum absolute atomic E-state index is 0.281. The number of methoxy groups -OCH3 is 1. The van der Waals surface area contributed by atoms with Gasteiger partial charge in [0.05, 0.1) is 12.8 Å². The summed E-state index contributed by atoms with van der Waals surface area (Å²) in [4.78, 5) is 25.6. The fraction of sp³-hybridized carbons (Fsp3) is 0.160. The molecule has 168 valence electrons. The Kier molecular flexibility index (Phi) is 6.08. The molecular weight excluding hydrogens is 425 g/mol. The molecule has 7 nitrogen and oxygen atoms in total. The van der Waals surface area contributed by atoms with Gasteiger partial charge in [0.15, 0.2) is 0 Å². The number of aryl methyl sites for hydroxylation is 2. The zero-order chi connectivity index (χ0) is 23.5. The number of aromatic nitrogens is 3. The van der Waals surface area contributed by atoms with Gasteiger partial charge in [-0.2, -0.15) is 9.78 Å². The lowest BCUT2D eigenvalue weighted by Crippen LogP contribution is -2.30. The van der Waals surface area contributed by atoms with E-state index in [1.165, 1.54) is 12.1 Å². The van der Waals surface area contributed by atoms with Gasteiger partial charge in [0.2, 0.25) is 0 Å². The van der Waals surface area contributed by atoms with Gasteiger partial charge in [0.1, 0.15) is 29.3 Å². The molecule has 0 saturated carbocycles. The summed E-state index contributed by atoms with van der Waals surface area (Å²) in [5.41, 5.74) is 2.78. The minimum atomic E-state index is -0.615. The maximum Gasteiger partial charge on any atom is 0.349 e. The molecule has 1 N–H and O–H groups in total. The van der Waals surface area contributed by atoms with E-state index in [2.05, 4.69) is 10.1 Å². The fourth-order valence-electron chi connectivity index (χ4n) is 3.64. The first-order valence-electron chi connectivity index (χ1n) is 10.2. The summed E-state index contributed by atoms with van der Waals surface area (Å²) < 4.78 is 26.1. The molecule has 8 heteroatoms. The molecule has 0 spiro atoms. The Hall–Kier alpha value is -4.20. The first kappa shape index (κ1) is 22.0. The number of benzene rings is 3. The molecule has 0 aliphatic heterocycles. The average molecular weight is 447 g/mol. The van der Waals surface area contributed by atoms with Crippen molar-refractivity contribution in [1.29, 1.82) is 0 Å². The van der Waals surface area contributed by atoms with Gasteiger partial charge in [0, 0.05) is 12.0 Å². The van der Waals surface area contributed by atoms with E-state index in [4.69, 9.17) is 9.47 Å². The van der Waals surface area contributed by atoms with Crippen LogP contribution in [0, 0.1) is 19.7 Å². The molecule has 0 unspecified atom stereocenters. The van der Waals surface area contributed by atoms with Crippen molar-refractivity contribution in [2.75, 3.05) is 7.11 Å². The molecule has 0 fully saturated rings. The largest absolute Gasteiger partial charge is 0.496 e. The molecule has 4 aromatic rings. The van der Waals surface area contributed by atoms with Crippen molar-refractivity contribution in [1.82, 2.24) is 14.8 Å². The summed E-state index contributed by atoms with van der Waals surface area (Å²) in [6.45, 7) is 3.73. The van der Waals surface area contributed by atoms with Crippen molar-refractivity contribution in [3.8, 4) is 22.9 Å². The Labute approximate surface area is 189 Å². The number of hydrogen-bond donors (Lipinski definition) is 1. The summed E-state index contributed by atoms with van der Waals surface area (Å²) >= 11 is 0. The normalized spacial score (nSPS) is 10.8. The van der Waals surface area contributed by atoms with Crippen molar-refractivity contribution in [3.05, 3.63) is 110 Å². The highest BCUT2D eigenvalue weighted by atomic mass is 19.1. The lowest BCUT2D eigenvalue weighted by Gasteiger charge is -2.16. The summed E-state index contributed by atoms with van der Waals surface area (Å²) in [5.74, 6) is 1.69.